The van der Waals surface area contributed by atoms with E-state index < -0.39 is 0 Å². The predicted octanol–water partition coefficient (Wildman–Crippen LogP) is 2.32. The lowest BCUT2D eigenvalue weighted by Gasteiger charge is -2.15. The van der Waals surface area contributed by atoms with Gasteiger partial charge in [-0.25, -0.2) is 0 Å². The Morgan fingerprint density at radius 1 is 1.05 bits per heavy atom. The first kappa shape index (κ1) is 15.3. The lowest BCUT2D eigenvalue weighted by Crippen LogP contribution is -2.11. The van der Waals surface area contributed by atoms with Crippen molar-refractivity contribution in [3.63, 3.8) is 0 Å². The van der Waals surface area contributed by atoms with Gasteiger partial charge in [0.2, 0.25) is 5.75 Å². The number of Topliss-reactive ketones (excluding diaryl/α,β-unsaturated/α-hetero) is 1. The summed E-state index contributed by atoms with van der Waals surface area (Å²) >= 11 is 0. The molecule has 0 unspecified atom stereocenters. The summed E-state index contributed by atoms with van der Waals surface area (Å²) in [5, 5.41) is 0. The van der Waals surface area contributed by atoms with Crippen LogP contribution in [-0.2, 0) is 4.74 Å². The van der Waals surface area contributed by atoms with E-state index in [2.05, 4.69) is 0 Å². The van der Waals surface area contributed by atoms with Crippen molar-refractivity contribution in [2.75, 3.05) is 34.5 Å². The predicted molar refractivity (Wildman–Crippen MR) is 71.5 cm³/mol. The molecule has 1 aromatic rings. The zero-order valence-corrected chi connectivity index (χ0v) is 11.8. The summed E-state index contributed by atoms with van der Waals surface area (Å²) in [6, 6.07) is 3.33. The van der Waals surface area contributed by atoms with E-state index in [0.717, 1.165) is 6.42 Å². The second-order valence-electron chi connectivity index (χ2n) is 3.86. The first-order chi connectivity index (χ1) is 9.19. The van der Waals surface area contributed by atoms with Gasteiger partial charge in [-0.3, -0.25) is 4.79 Å². The SMILES string of the molecule is CCCOCC(=O)c1ccc(OC)c(OC)c1OC. The number of benzene rings is 1. The molecule has 5 nitrogen and oxygen atoms in total. The van der Waals surface area contributed by atoms with Crippen LogP contribution in [-0.4, -0.2) is 40.3 Å². The van der Waals surface area contributed by atoms with Gasteiger partial charge in [0.05, 0.1) is 26.9 Å². The zero-order valence-electron chi connectivity index (χ0n) is 11.8. The third kappa shape index (κ3) is 3.61. The summed E-state index contributed by atoms with van der Waals surface area (Å²) in [5.74, 6) is 1.15. The van der Waals surface area contributed by atoms with Crippen LogP contribution in [0.15, 0.2) is 12.1 Å². The number of hydrogen-bond acceptors (Lipinski definition) is 5. The number of ether oxygens (including phenoxy) is 4. The van der Waals surface area contributed by atoms with E-state index in [4.69, 9.17) is 18.9 Å². The summed E-state index contributed by atoms with van der Waals surface area (Å²) in [7, 11) is 4.52. The molecule has 0 heterocycles. The van der Waals surface area contributed by atoms with Gasteiger partial charge in [-0.15, -0.1) is 0 Å². The van der Waals surface area contributed by atoms with Crippen LogP contribution >= 0.6 is 0 Å². The van der Waals surface area contributed by atoms with Gasteiger partial charge >= 0.3 is 0 Å². The molecular weight excluding hydrogens is 248 g/mol. The van der Waals surface area contributed by atoms with E-state index in [-0.39, 0.29) is 12.4 Å². The Balaban J connectivity index is 3.03. The summed E-state index contributed by atoms with van der Waals surface area (Å²) in [5.41, 5.74) is 0.427. The molecule has 0 aliphatic rings. The number of hydrogen-bond donors (Lipinski definition) is 0. The maximum Gasteiger partial charge on any atom is 0.204 e. The largest absolute Gasteiger partial charge is 0.493 e. The molecule has 0 N–H and O–H groups in total. The van der Waals surface area contributed by atoms with Crippen molar-refractivity contribution in [3.05, 3.63) is 17.7 Å². The van der Waals surface area contributed by atoms with E-state index in [1.165, 1.54) is 21.3 Å². The van der Waals surface area contributed by atoms with Gasteiger partial charge in [-0.2, -0.15) is 0 Å². The molecule has 0 aliphatic carbocycles. The normalized spacial score (nSPS) is 10.1. The standard InChI is InChI=1S/C14H20O5/c1-5-8-19-9-11(15)10-6-7-12(16-2)14(18-4)13(10)17-3/h6-7H,5,8-9H2,1-4H3. The molecule has 0 bridgehead atoms. The van der Waals surface area contributed by atoms with E-state index in [9.17, 15) is 4.79 Å². The van der Waals surface area contributed by atoms with E-state index >= 15 is 0 Å². The molecule has 0 aromatic heterocycles. The van der Waals surface area contributed by atoms with Crippen LogP contribution in [0.4, 0.5) is 0 Å². The van der Waals surface area contributed by atoms with E-state index in [1.807, 2.05) is 6.92 Å². The molecule has 19 heavy (non-hydrogen) atoms. The van der Waals surface area contributed by atoms with E-state index in [0.29, 0.717) is 29.4 Å². The molecule has 0 aliphatic heterocycles. The van der Waals surface area contributed by atoms with Gasteiger partial charge in [0, 0.05) is 6.61 Å². The van der Waals surface area contributed by atoms with Gasteiger partial charge in [0.1, 0.15) is 6.61 Å². The minimum Gasteiger partial charge on any atom is -0.493 e. The van der Waals surface area contributed by atoms with Crippen molar-refractivity contribution in [1.82, 2.24) is 0 Å². The molecule has 0 saturated heterocycles. The monoisotopic (exact) mass is 268 g/mol. The molecule has 1 aromatic carbocycles. The fourth-order valence-corrected chi connectivity index (χ4v) is 1.71. The number of rotatable bonds is 8. The smallest absolute Gasteiger partial charge is 0.204 e. The Bertz CT molecular complexity index is 428. The summed E-state index contributed by atoms with van der Waals surface area (Å²) in [6.07, 6.45) is 0.871. The average Bonchev–Trinajstić information content (AvgIpc) is 2.45. The van der Waals surface area contributed by atoms with Crippen LogP contribution in [0.5, 0.6) is 17.2 Å². The Labute approximate surface area is 113 Å². The highest BCUT2D eigenvalue weighted by Gasteiger charge is 2.20. The Hall–Kier alpha value is -1.75. The summed E-state index contributed by atoms with van der Waals surface area (Å²) in [4.78, 5) is 12.1. The van der Waals surface area contributed by atoms with Crippen molar-refractivity contribution in [3.8, 4) is 17.2 Å². The molecular formula is C14H20O5. The maximum absolute atomic E-state index is 12.1. The first-order valence-electron chi connectivity index (χ1n) is 6.09. The van der Waals surface area contributed by atoms with Crippen LogP contribution < -0.4 is 14.2 Å². The third-order valence-electron chi connectivity index (χ3n) is 2.59. The van der Waals surface area contributed by atoms with Crippen LogP contribution in [0.2, 0.25) is 0 Å². The lowest BCUT2D eigenvalue weighted by atomic mass is 10.1. The lowest BCUT2D eigenvalue weighted by molar-refractivity contribution is 0.0758. The van der Waals surface area contributed by atoms with Crippen molar-refractivity contribution >= 4 is 5.78 Å². The van der Waals surface area contributed by atoms with Crippen LogP contribution in [0.3, 0.4) is 0 Å². The molecule has 5 heteroatoms. The van der Waals surface area contributed by atoms with Crippen molar-refractivity contribution in [2.24, 2.45) is 0 Å². The van der Waals surface area contributed by atoms with Crippen LogP contribution in [0.1, 0.15) is 23.7 Å². The number of ketones is 1. The molecule has 0 spiro atoms. The molecule has 0 atom stereocenters. The molecule has 0 fully saturated rings. The quantitative estimate of drug-likeness (QED) is 0.535. The number of carbonyl (C=O) groups excluding carboxylic acids is 1. The highest BCUT2D eigenvalue weighted by Crippen LogP contribution is 2.39. The highest BCUT2D eigenvalue weighted by atomic mass is 16.5. The Morgan fingerprint density at radius 3 is 2.26 bits per heavy atom. The van der Waals surface area contributed by atoms with Crippen molar-refractivity contribution < 1.29 is 23.7 Å². The van der Waals surface area contributed by atoms with Gasteiger partial charge < -0.3 is 18.9 Å². The van der Waals surface area contributed by atoms with Gasteiger partial charge in [0.15, 0.2) is 17.3 Å². The minimum atomic E-state index is -0.147. The van der Waals surface area contributed by atoms with Crippen molar-refractivity contribution in [1.29, 1.82) is 0 Å². The number of methoxy groups -OCH3 is 3. The average molecular weight is 268 g/mol. The van der Waals surface area contributed by atoms with Crippen LogP contribution in [0, 0.1) is 0 Å². The second-order valence-corrected chi connectivity index (χ2v) is 3.86. The van der Waals surface area contributed by atoms with Gasteiger partial charge in [-0.05, 0) is 18.6 Å². The maximum atomic E-state index is 12.1. The van der Waals surface area contributed by atoms with Crippen molar-refractivity contribution in [2.45, 2.75) is 13.3 Å². The minimum absolute atomic E-state index is 0.0275. The van der Waals surface area contributed by atoms with Crippen LogP contribution in [0.25, 0.3) is 0 Å². The Morgan fingerprint density at radius 2 is 1.74 bits per heavy atom. The molecule has 106 valence electrons. The second kappa shape index (κ2) is 7.63. The molecule has 0 saturated carbocycles. The molecule has 0 amide bonds. The molecule has 1 rings (SSSR count). The number of carbonyl (C=O) groups is 1. The Kier molecular flexibility index (Phi) is 6.15. The zero-order chi connectivity index (χ0) is 14.3. The molecule has 0 radical (unpaired) electrons. The van der Waals surface area contributed by atoms with Gasteiger partial charge in [-0.1, -0.05) is 6.92 Å². The van der Waals surface area contributed by atoms with E-state index in [1.54, 1.807) is 12.1 Å². The first-order valence-corrected chi connectivity index (χ1v) is 6.09. The fourth-order valence-electron chi connectivity index (χ4n) is 1.71. The highest BCUT2D eigenvalue weighted by molar-refractivity contribution is 6.00. The summed E-state index contributed by atoms with van der Waals surface area (Å²) < 4.78 is 20.9. The third-order valence-corrected chi connectivity index (χ3v) is 2.59. The summed E-state index contributed by atoms with van der Waals surface area (Å²) in [6.45, 7) is 2.57. The topological polar surface area (TPSA) is 54.0 Å². The fraction of sp³-hybridized carbons (Fsp3) is 0.500. The van der Waals surface area contributed by atoms with Gasteiger partial charge in [0.25, 0.3) is 0 Å².